The molecule has 33 heavy (non-hydrogen) atoms. The number of amides is 1. The minimum atomic E-state index is 0.0377. The van der Waals surface area contributed by atoms with Crippen LogP contribution in [0.15, 0.2) is 28.8 Å². The first-order valence-corrected chi connectivity index (χ1v) is 12.6. The minimum absolute atomic E-state index is 0.0377. The number of hydrogen-bond donors (Lipinski definition) is 0. The van der Waals surface area contributed by atoms with E-state index in [2.05, 4.69) is 5.16 Å². The van der Waals surface area contributed by atoms with Crippen molar-refractivity contribution < 1.29 is 23.5 Å². The van der Waals surface area contributed by atoms with Gasteiger partial charge in [-0.1, -0.05) is 11.2 Å². The fourth-order valence-corrected chi connectivity index (χ4v) is 5.45. The van der Waals surface area contributed by atoms with Crippen LogP contribution in [0.3, 0.4) is 0 Å². The predicted octanol–water partition coefficient (Wildman–Crippen LogP) is 4.41. The molecule has 178 valence electrons. The Balaban J connectivity index is 1.43. The third-order valence-corrected chi connectivity index (χ3v) is 7.36. The molecule has 2 aliphatic rings. The molecule has 8 heteroatoms. The van der Waals surface area contributed by atoms with Crippen molar-refractivity contribution in [2.45, 2.75) is 51.9 Å². The molecule has 0 bridgehead atoms. The van der Waals surface area contributed by atoms with Crippen molar-refractivity contribution in [3.05, 3.63) is 46.9 Å². The van der Waals surface area contributed by atoms with E-state index >= 15 is 0 Å². The molecule has 0 N–H and O–H groups in total. The number of hydrogen-bond acceptors (Lipinski definition) is 7. The Hall–Kier alpha value is -2.45. The highest BCUT2D eigenvalue weighted by Gasteiger charge is 2.29. The Morgan fingerprint density at radius 3 is 2.85 bits per heavy atom. The standard InChI is InChI=1S/C25H32N2O5S/c1-17-22(18(2)32-26-17)15-31-23-8-6-19(13-24(23)29-3)7-9-25(28)27(20-10-12-33-16-20)14-21-5-4-11-30-21/h6-9,13,20-21H,4-5,10-12,14-16H2,1-3H3/b9-7+. The van der Waals surface area contributed by atoms with Gasteiger partial charge in [0, 0.05) is 31.0 Å². The third kappa shape index (κ3) is 5.92. The summed E-state index contributed by atoms with van der Waals surface area (Å²) in [6, 6.07) is 5.94. The van der Waals surface area contributed by atoms with Crippen molar-refractivity contribution >= 4 is 23.7 Å². The number of carbonyl (C=O) groups is 1. The zero-order chi connectivity index (χ0) is 23.2. The van der Waals surface area contributed by atoms with Crippen LogP contribution in [0, 0.1) is 13.8 Å². The maximum Gasteiger partial charge on any atom is 0.246 e. The average molecular weight is 473 g/mol. The maximum atomic E-state index is 13.1. The van der Waals surface area contributed by atoms with E-state index < -0.39 is 0 Å². The smallest absolute Gasteiger partial charge is 0.246 e. The predicted molar refractivity (Wildman–Crippen MR) is 129 cm³/mol. The Labute approximate surface area is 199 Å². The summed E-state index contributed by atoms with van der Waals surface area (Å²) >= 11 is 1.91. The molecule has 2 saturated heterocycles. The molecular weight excluding hydrogens is 440 g/mol. The summed E-state index contributed by atoms with van der Waals surface area (Å²) in [6.45, 7) is 5.58. The Morgan fingerprint density at radius 1 is 1.30 bits per heavy atom. The van der Waals surface area contributed by atoms with Crippen molar-refractivity contribution in [3.63, 3.8) is 0 Å². The van der Waals surface area contributed by atoms with E-state index in [9.17, 15) is 4.79 Å². The summed E-state index contributed by atoms with van der Waals surface area (Å²) in [4.78, 5) is 15.1. The average Bonchev–Trinajstić information content (AvgIpc) is 3.59. The molecular formula is C25H32N2O5S. The highest BCUT2D eigenvalue weighted by atomic mass is 32.2. The second-order valence-corrected chi connectivity index (χ2v) is 9.63. The summed E-state index contributed by atoms with van der Waals surface area (Å²) < 4.78 is 22.5. The lowest BCUT2D eigenvalue weighted by Gasteiger charge is -2.29. The fourth-order valence-electron chi connectivity index (χ4n) is 4.22. The van der Waals surface area contributed by atoms with Crippen LogP contribution in [0.5, 0.6) is 11.5 Å². The molecule has 2 aromatic rings. The number of carbonyl (C=O) groups excluding carboxylic acids is 1. The molecule has 1 aromatic heterocycles. The molecule has 2 atom stereocenters. The van der Waals surface area contributed by atoms with Crippen molar-refractivity contribution in [2.24, 2.45) is 0 Å². The van der Waals surface area contributed by atoms with Crippen LogP contribution in [0.2, 0.25) is 0 Å². The van der Waals surface area contributed by atoms with Gasteiger partial charge in [-0.15, -0.1) is 0 Å². The number of thioether (sulfide) groups is 1. The van der Waals surface area contributed by atoms with Gasteiger partial charge in [-0.05, 0) is 62.6 Å². The zero-order valence-corrected chi connectivity index (χ0v) is 20.4. The van der Waals surface area contributed by atoms with Gasteiger partial charge >= 0.3 is 0 Å². The SMILES string of the molecule is COc1cc(/C=C/C(=O)N(CC2CCCO2)C2CCSC2)ccc1OCc1c(C)noc1C. The summed E-state index contributed by atoms with van der Waals surface area (Å²) in [5, 5.41) is 3.96. The highest BCUT2D eigenvalue weighted by molar-refractivity contribution is 7.99. The van der Waals surface area contributed by atoms with Gasteiger partial charge in [-0.3, -0.25) is 4.79 Å². The van der Waals surface area contributed by atoms with Gasteiger partial charge in [-0.2, -0.15) is 11.8 Å². The third-order valence-electron chi connectivity index (χ3n) is 6.21. The van der Waals surface area contributed by atoms with Gasteiger partial charge in [0.25, 0.3) is 0 Å². The van der Waals surface area contributed by atoms with Crippen molar-refractivity contribution in [1.29, 1.82) is 0 Å². The monoisotopic (exact) mass is 472 g/mol. The number of benzene rings is 1. The molecule has 1 aromatic carbocycles. The second kappa shape index (κ2) is 11.1. The van der Waals surface area contributed by atoms with Crippen LogP contribution in [-0.2, 0) is 16.1 Å². The molecule has 1 amide bonds. The summed E-state index contributed by atoms with van der Waals surface area (Å²) in [7, 11) is 1.61. The number of methoxy groups -OCH3 is 1. The van der Waals surface area contributed by atoms with Crippen molar-refractivity contribution in [1.82, 2.24) is 10.1 Å². The fraction of sp³-hybridized carbons (Fsp3) is 0.520. The molecule has 3 heterocycles. The Kier molecular flexibility index (Phi) is 7.98. The quantitative estimate of drug-likeness (QED) is 0.501. The van der Waals surface area contributed by atoms with Crippen LogP contribution >= 0.6 is 11.8 Å². The van der Waals surface area contributed by atoms with E-state index in [1.54, 1.807) is 13.2 Å². The maximum absolute atomic E-state index is 13.1. The van der Waals surface area contributed by atoms with E-state index in [1.165, 1.54) is 0 Å². The summed E-state index contributed by atoms with van der Waals surface area (Å²) in [5.41, 5.74) is 2.63. The van der Waals surface area contributed by atoms with Crippen LogP contribution in [-0.4, -0.2) is 59.9 Å². The first kappa shape index (κ1) is 23.7. The van der Waals surface area contributed by atoms with Gasteiger partial charge < -0.3 is 23.6 Å². The molecule has 0 radical (unpaired) electrons. The Morgan fingerprint density at radius 2 is 2.18 bits per heavy atom. The van der Waals surface area contributed by atoms with Gasteiger partial charge in [0.05, 0.1) is 24.5 Å². The molecule has 2 aliphatic heterocycles. The lowest BCUT2D eigenvalue weighted by atomic mass is 10.1. The van der Waals surface area contributed by atoms with Crippen LogP contribution < -0.4 is 9.47 Å². The zero-order valence-electron chi connectivity index (χ0n) is 19.5. The second-order valence-electron chi connectivity index (χ2n) is 8.48. The lowest BCUT2D eigenvalue weighted by Crippen LogP contribution is -2.43. The van der Waals surface area contributed by atoms with Gasteiger partial charge in [0.2, 0.25) is 5.91 Å². The van der Waals surface area contributed by atoms with E-state index in [1.807, 2.05) is 54.8 Å². The number of aromatic nitrogens is 1. The molecule has 2 unspecified atom stereocenters. The molecule has 0 saturated carbocycles. The van der Waals surface area contributed by atoms with Gasteiger partial charge in [-0.25, -0.2) is 0 Å². The van der Waals surface area contributed by atoms with Crippen molar-refractivity contribution in [3.8, 4) is 11.5 Å². The first-order valence-electron chi connectivity index (χ1n) is 11.5. The van der Waals surface area contributed by atoms with E-state index in [4.69, 9.17) is 18.7 Å². The van der Waals surface area contributed by atoms with E-state index in [0.717, 1.165) is 60.0 Å². The largest absolute Gasteiger partial charge is 0.493 e. The van der Waals surface area contributed by atoms with Crippen LogP contribution in [0.4, 0.5) is 0 Å². The van der Waals surface area contributed by atoms with Gasteiger partial charge in [0.15, 0.2) is 11.5 Å². The Bertz CT molecular complexity index is 958. The molecule has 4 rings (SSSR count). The minimum Gasteiger partial charge on any atom is -0.493 e. The first-order chi connectivity index (χ1) is 16.0. The number of ether oxygens (including phenoxy) is 3. The normalized spacial score (nSPS) is 20.5. The summed E-state index contributed by atoms with van der Waals surface area (Å²) in [6.07, 6.45) is 6.81. The van der Waals surface area contributed by atoms with Crippen molar-refractivity contribution in [2.75, 3.05) is 31.8 Å². The van der Waals surface area contributed by atoms with Crippen LogP contribution in [0.25, 0.3) is 6.08 Å². The molecule has 2 fully saturated rings. The molecule has 0 spiro atoms. The molecule has 7 nitrogen and oxygen atoms in total. The lowest BCUT2D eigenvalue weighted by molar-refractivity contribution is -0.129. The van der Waals surface area contributed by atoms with E-state index in [0.29, 0.717) is 24.7 Å². The topological polar surface area (TPSA) is 74.0 Å². The van der Waals surface area contributed by atoms with Gasteiger partial charge in [0.1, 0.15) is 12.4 Å². The highest BCUT2D eigenvalue weighted by Crippen LogP contribution is 2.30. The number of aryl methyl sites for hydroxylation is 2. The molecule has 0 aliphatic carbocycles. The number of rotatable bonds is 9. The van der Waals surface area contributed by atoms with E-state index in [-0.39, 0.29) is 18.1 Å². The number of nitrogens with zero attached hydrogens (tertiary/aromatic N) is 2. The van der Waals surface area contributed by atoms with Crippen LogP contribution in [0.1, 0.15) is 41.8 Å². The summed E-state index contributed by atoms with van der Waals surface area (Å²) in [5.74, 6) is 4.13.